The average molecular weight is 336 g/mol. The number of aromatic nitrogens is 1. The van der Waals surface area contributed by atoms with Crippen molar-refractivity contribution in [2.24, 2.45) is 0 Å². The molecule has 2 aromatic carbocycles. The number of methoxy groups -OCH3 is 1. The van der Waals surface area contributed by atoms with Crippen LogP contribution in [0, 0.1) is 11.6 Å². The van der Waals surface area contributed by atoms with Gasteiger partial charge < -0.3 is 9.30 Å². The Labute approximate surface area is 136 Å². The van der Waals surface area contributed by atoms with Crippen molar-refractivity contribution in [2.45, 2.75) is 6.54 Å². The Hall–Kier alpha value is -2.40. The molecule has 0 radical (unpaired) electrons. The van der Waals surface area contributed by atoms with E-state index in [9.17, 15) is 13.6 Å². The SMILES string of the molecule is COC(=O)c1cccc(Cn2ccc3cc(F)cc(Cl)c32)c1F. The molecule has 0 aliphatic rings. The fraction of sp³-hybridized carbons (Fsp3) is 0.118. The maximum atomic E-state index is 14.5. The topological polar surface area (TPSA) is 31.2 Å². The van der Waals surface area contributed by atoms with Crippen molar-refractivity contribution >= 4 is 28.5 Å². The first-order valence-corrected chi connectivity index (χ1v) is 7.18. The van der Waals surface area contributed by atoms with Crippen LogP contribution in [0.25, 0.3) is 10.9 Å². The molecule has 0 unspecified atom stereocenters. The number of hydrogen-bond donors (Lipinski definition) is 0. The zero-order chi connectivity index (χ0) is 16.6. The van der Waals surface area contributed by atoms with E-state index in [4.69, 9.17) is 11.6 Å². The van der Waals surface area contributed by atoms with Crippen LogP contribution in [-0.4, -0.2) is 17.6 Å². The Bertz CT molecular complexity index is 905. The largest absolute Gasteiger partial charge is 0.465 e. The van der Waals surface area contributed by atoms with Gasteiger partial charge in [-0.25, -0.2) is 13.6 Å². The minimum absolute atomic E-state index is 0.126. The number of carbonyl (C=O) groups excluding carboxylic acids is 1. The molecule has 0 N–H and O–H groups in total. The minimum atomic E-state index is -0.734. The Morgan fingerprint density at radius 2 is 2.04 bits per heavy atom. The van der Waals surface area contributed by atoms with Crippen molar-refractivity contribution in [2.75, 3.05) is 7.11 Å². The lowest BCUT2D eigenvalue weighted by atomic mass is 10.1. The van der Waals surface area contributed by atoms with Crippen LogP contribution in [0.1, 0.15) is 15.9 Å². The second-order valence-electron chi connectivity index (χ2n) is 5.04. The molecule has 1 heterocycles. The summed E-state index contributed by atoms with van der Waals surface area (Å²) in [6.45, 7) is 0.158. The van der Waals surface area contributed by atoms with Crippen LogP contribution >= 0.6 is 11.6 Å². The second-order valence-corrected chi connectivity index (χ2v) is 5.45. The summed E-state index contributed by atoms with van der Waals surface area (Å²) < 4.78 is 34.1. The van der Waals surface area contributed by atoms with Crippen LogP contribution in [-0.2, 0) is 11.3 Å². The Morgan fingerprint density at radius 1 is 1.26 bits per heavy atom. The van der Waals surface area contributed by atoms with E-state index in [1.54, 1.807) is 29.0 Å². The Balaban J connectivity index is 2.05. The van der Waals surface area contributed by atoms with Gasteiger partial charge in [-0.1, -0.05) is 23.7 Å². The highest BCUT2D eigenvalue weighted by Gasteiger charge is 2.16. The number of esters is 1. The third-order valence-electron chi connectivity index (χ3n) is 3.60. The van der Waals surface area contributed by atoms with Gasteiger partial charge in [-0.15, -0.1) is 0 Å². The van der Waals surface area contributed by atoms with Crippen LogP contribution in [0.5, 0.6) is 0 Å². The lowest BCUT2D eigenvalue weighted by Crippen LogP contribution is -2.08. The molecule has 0 saturated carbocycles. The average Bonchev–Trinajstić information content (AvgIpc) is 2.91. The van der Waals surface area contributed by atoms with Gasteiger partial charge in [0, 0.05) is 17.1 Å². The van der Waals surface area contributed by atoms with Crippen LogP contribution in [0.15, 0.2) is 42.6 Å². The predicted molar refractivity (Wildman–Crippen MR) is 83.7 cm³/mol. The van der Waals surface area contributed by atoms with Crippen LogP contribution in [0.2, 0.25) is 5.02 Å². The number of halogens is 3. The van der Waals surface area contributed by atoms with Crippen molar-refractivity contribution < 1.29 is 18.3 Å². The van der Waals surface area contributed by atoms with Crippen molar-refractivity contribution in [3.63, 3.8) is 0 Å². The number of rotatable bonds is 3. The normalized spacial score (nSPS) is 11.0. The summed E-state index contributed by atoms with van der Waals surface area (Å²) >= 11 is 6.09. The molecule has 6 heteroatoms. The standard InChI is InChI=1S/C17H12ClF2NO2/c1-23-17(22)13-4-2-3-11(15(13)20)9-21-6-5-10-7-12(19)8-14(18)16(10)21/h2-8H,9H2,1H3. The molecule has 0 spiro atoms. The van der Waals surface area contributed by atoms with E-state index in [-0.39, 0.29) is 17.1 Å². The summed E-state index contributed by atoms with van der Waals surface area (Å²) in [6.07, 6.45) is 1.69. The van der Waals surface area contributed by atoms with Gasteiger partial charge in [0.1, 0.15) is 11.6 Å². The van der Waals surface area contributed by atoms with Crippen molar-refractivity contribution in [1.82, 2.24) is 4.57 Å². The fourth-order valence-electron chi connectivity index (χ4n) is 2.55. The highest BCUT2D eigenvalue weighted by Crippen LogP contribution is 2.27. The van der Waals surface area contributed by atoms with E-state index in [0.29, 0.717) is 16.5 Å². The fourth-order valence-corrected chi connectivity index (χ4v) is 2.87. The Kier molecular flexibility index (Phi) is 4.05. The monoisotopic (exact) mass is 335 g/mol. The molecule has 0 amide bonds. The molecule has 3 nitrogen and oxygen atoms in total. The van der Waals surface area contributed by atoms with E-state index in [1.807, 2.05) is 0 Å². The summed E-state index contributed by atoms with van der Waals surface area (Å²) in [5, 5.41) is 0.870. The van der Waals surface area contributed by atoms with E-state index in [2.05, 4.69) is 4.74 Å². The number of nitrogens with zero attached hydrogens (tertiary/aromatic N) is 1. The first kappa shape index (κ1) is 15.5. The van der Waals surface area contributed by atoms with Crippen molar-refractivity contribution in [3.8, 4) is 0 Å². The summed E-state index contributed by atoms with van der Waals surface area (Å²) in [5.41, 5.74) is 0.792. The molecular formula is C17H12ClF2NO2. The molecule has 0 aliphatic carbocycles. The highest BCUT2D eigenvalue weighted by molar-refractivity contribution is 6.35. The van der Waals surface area contributed by atoms with E-state index in [1.165, 1.54) is 25.3 Å². The molecule has 23 heavy (non-hydrogen) atoms. The molecule has 1 aromatic heterocycles. The number of ether oxygens (including phenoxy) is 1. The molecule has 118 valence electrons. The van der Waals surface area contributed by atoms with Crippen molar-refractivity contribution in [3.05, 3.63) is 70.4 Å². The summed E-state index contributed by atoms with van der Waals surface area (Å²) in [7, 11) is 1.20. The van der Waals surface area contributed by atoms with E-state index < -0.39 is 17.6 Å². The van der Waals surface area contributed by atoms with Gasteiger partial charge in [0.15, 0.2) is 0 Å². The Morgan fingerprint density at radius 3 is 2.78 bits per heavy atom. The zero-order valence-electron chi connectivity index (χ0n) is 12.1. The maximum Gasteiger partial charge on any atom is 0.340 e. The molecule has 0 aliphatic heterocycles. The van der Waals surface area contributed by atoms with Crippen molar-refractivity contribution in [1.29, 1.82) is 0 Å². The van der Waals surface area contributed by atoms with Crippen LogP contribution in [0.4, 0.5) is 8.78 Å². The quantitative estimate of drug-likeness (QED) is 0.664. The highest BCUT2D eigenvalue weighted by atomic mass is 35.5. The van der Waals surface area contributed by atoms with Crippen LogP contribution < -0.4 is 0 Å². The maximum absolute atomic E-state index is 14.5. The first-order chi connectivity index (χ1) is 11.0. The molecule has 0 bridgehead atoms. The number of benzene rings is 2. The molecule has 3 rings (SSSR count). The van der Waals surface area contributed by atoms with Gasteiger partial charge in [-0.2, -0.15) is 0 Å². The molecule has 0 fully saturated rings. The summed E-state index contributed by atoms with van der Waals surface area (Å²) in [4.78, 5) is 11.6. The lowest BCUT2D eigenvalue weighted by Gasteiger charge is -2.10. The van der Waals surface area contributed by atoms with E-state index in [0.717, 1.165) is 0 Å². The lowest BCUT2D eigenvalue weighted by molar-refractivity contribution is 0.0595. The zero-order valence-corrected chi connectivity index (χ0v) is 12.9. The van der Waals surface area contributed by atoms with Gasteiger partial charge in [-0.3, -0.25) is 0 Å². The number of hydrogen-bond acceptors (Lipinski definition) is 2. The third-order valence-corrected chi connectivity index (χ3v) is 3.89. The minimum Gasteiger partial charge on any atom is -0.465 e. The number of fused-ring (bicyclic) bond motifs is 1. The second kappa shape index (κ2) is 6.01. The summed E-state index contributed by atoms with van der Waals surface area (Å²) in [5.74, 6) is -1.81. The molecule has 3 aromatic rings. The van der Waals surface area contributed by atoms with E-state index >= 15 is 0 Å². The smallest absolute Gasteiger partial charge is 0.340 e. The molecular weight excluding hydrogens is 324 g/mol. The van der Waals surface area contributed by atoms with Gasteiger partial charge in [-0.05, 0) is 24.3 Å². The third kappa shape index (κ3) is 2.80. The first-order valence-electron chi connectivity index (χ1n) is 6.81. The summed E-state index contributed by atoms with van der Waals surface area (Å²) in [6, 6.07) is 8.79. The van der Waals surface area contributed by atoms with Gasteiger partial charge in [0.2, 0.25) is 0 Å². The van der Waals surface area contributed by atoms with Gasteiger partial charge >= 0.3 is 5.97 Å². The predicted octanol–water partition coefficient (Wildman–Crippen LogP) is 4.41. The van der Waals surface area contributed by atoms with Gasteiger partial charge in [0.25, 0.3) is 0 Å². The molecule has 0 atom stereocenters. The molecule has 0 saturated heterocycles. The van der Waals surface area contributed by atoms with Gasteiger partial charge in [0.05, 0.1) is 29.8 Å². The number of carbonyl (C=O) groups is 1. The van der Waals surface area contributed by atoms with Crippen LogP contribution in [0.3, 0.4) is 0 Å².